The molecule has 10 rings (SSSR count). The predicted octanol–water partition coefficient (Wildman–Crippen LogP) is 10.9. The van der Waals surface area contributed by atoms with Gasteiger partial charge in [0.1, 0.15) is 5.54 Å². The summed E-state index contributed by atoms with van der Waals surface area (Å²) in [5, 5.41) is 17.8. The van der Waals surface area contributed by atoms with Gasteiger partial charge in [0.25, 0.3) is 5.91 Å². The van der Waals surface area contributed by atoms with Gasteiger partial charge in [0.15, 0.2) is 0 Å². The number of likely N-dealkylation sites (tertiary alicyclic amines) is 1. The smallest absolute Gasteiger partial charge is 0.328 e. The van der Waals surface area contributed by atoms with E-state index >= 15 is 0 Å². The molecule has 4 aliphatic rings. The summed E-state index contributed by atoms with van der Waals surface area (Å²) < 4.78 is 2.53. The number of aromatic amines is 1. The molecule has 2 aliphatic carbocycles. The van der Waals surface area contributed by atoms with Crippen LogP contribution in [0.4, 0.5) is 11.4 Å². The lowest BCUT2D eigenvalue weighted by atomic mass is 9.81. The minimum Gasteiger partial charge on any atom is -0.478 e. The van der Waals surface area contributed by atoms with Crippen molar-refractivity contribution in [2.45, 2.75) is 109 Å². The largest absolute Gasteiger partial charge is 0.478 e. The molecule has 1 unspecified atom stereocenters. The monoisotopic (exact) mass is 885 g/mol. The summed E-state index contributed by atoms with van der Waals surface area (Å²) in [6.45, 7) is 10.5. The summed E-state index contributed by atoms with van der Waals surface area (Å²) in [5.41, 5.74) is 11.4. The number of nitrogens with one attached hydrogen (secondary N) is 3. The van der Waals surface area contributed by atoms with Crippen LogP contribution in [-0.4, -0.2) is 80.6 Å². The molecule has 0 spiro atoms. The topological polar surface area (TPSA) is 136 Å². The molecule has 2 aliphatic heterocycles. The number of H-pyrrole nitrogens is 1. The molecule has 1 atom stereocenters. The molecule has 11 heteroatoms. The van der Waals surface area contributed by atoms with E-state index in [-0.39, 0.29) is 11.8 Å². The number of hydrogen-bond acceptors (Lipinski definition) is 6. The Balaban J connectivity index is 1.03. The second kappa shape index (κ2) is 18.6. The van der Waals surface area contributed by atoms with Crippen molar-refractivity contribution < 1.29 is 19.5 Å². The number of aryl methyl sites for hydroxylation is 1. The summed E-state index contributed by atoms with van der Waals surface area (Å²) in [6.07, 6.45) is 17.0. The van der Waals surface area contributed by atoms with E-state index in [0.717, 1.165) is 86.8 Å². The third kappa shape index (κ3) is 8.65. The van der Waals surface area contributed by atoms with Gasteiger partial charge in [-0.3, -0.25) is 14.6 Å². The molecule has 4 N–H and O–H groups in total. The molecule has 342 valence electrons. The number of carbonyl (C=O) groups is 3. The van der Waals surface area contributed by atoms with Crippen LogP contribution in [0.25, 0.3) is 50.5 Å². The van der Waals surface area contributed by atoms with Crippen LogP contribution in [0, 0.1) is 12.8 Å². The zero-order chi connectivity index (χ0) is 45.4. The highest BCUT2D eigenvalue weighted by Gasteiger charge is 2.43. The molecule has 0 bridgehead atoms. The Labute approximate surface area is 387 Å². The maximum atomic E-state index is 14.6. The summed E-state index contributed by atoms with van der Waals surface area (Å²) in [5.74, 6) is -0.411. The van der Waals surface area contributed by atoms with Crippen molar-refractivity contribution in [3.63, 3.8) is 0 Å². The number of aliphatic carboxylic acids is 1. The minimum atomic E-state index is -1.04. The molecule has 1 saturated heterocycles. The number of aromatic nitrogens is 3. The summed E-state index contributed by atoms with van der Waals surface area (Å²) in [6, 6.07) is 24.5. The maximum Gasteiger partial charge on any atom is 0.328 e. The van der Waals surface area contributed by atoms with Crippen LogP contribution in [-0.2, 0) is 16.1 Å². The number of fused-ring (bicyclic) bond motifs is 7. The van der Waals surface area contributed by atoms with Crippen LogP contribution < -0.4 is 15.5 Å². The minimum absolute atomic E-state index is 0.232. The van der Waals surface area contributed by atoms with Crippen LogP contribution in [0.3, 0.4) is 0 Å². The van der Waals surface area contributed by atoms with E-state index in [1.54, 1.807) is 24.3 Å². The number of carboxylic acid groups (broad SMARTS) is 1. The van der Waals surface area contributed by atoms with Gasteiger partial charge in [-0.15, -0.1) is 0 Å². The van der Waals surface area contributed by atoms with Crippen LogP contribution in [0.5, 0.6) is 0 Å². The van der Waals surface area contributed by atoms with Gasteiger partial charge in [-0.2, -0.15) is 0 Å². The number of anilines is 2. The zero-order valence-corrected chi connectivity index (χ0v) is 38.5. The van der Waals surface area contributed by atoms with Crippen molar-refractivity contribution in [3.05, 3.63) is 107 Å². The molecule has 3 aromatic carbocycles. The van der Waals surface area contributed by atoms with Gasteiger partial charge in [0.2, 0.25) is 5.91 Å². The van der Waals surface area contributed by atoms with E-state index in [9.17, 15) is 14.4 Å². The zero-order valence-electron chi connectivity index (χ0n) is 38.5. The van der Waals surface area contributed by atoms with Gasteiger partial charge >= 0.3 is 5.97 Å². The third-order valence-corrected chi connectivity index (χ3v) is 15.2. The van der Waals surface area contributed by atoms with Crippen LogP contribution >= 0.6 is 0 Å². The number of benzene rings is 3. The third-order valence-electron chi connectivity index (χ3n) is 15.2. The molecule has 66 heavy (non-hydrogen) atoms. The lowest BCUT2D eigenvalue weighted by Gasteiger charge is -2.34. The predicted molar refractivity (Wildman–Crippen MR) is 265 cm³/mol. The summed E-state index contributed by atoms with van der Waals surface area (Å²) in [7, 11) is 0. The van der Waals surface area contributed by atoms with Gasteiger partial charge in [0, 0.05) is 77.1 Å². The standard InChI is InChI=1S/C55H63N7O4/c1-3-60-28-9-10-38(35-60)24-29-61-30-31-62-48-33-40(53(65)59-55(25-7-8-26-55)54(66)57-41-17-13-37(14-18-41)15-22-49(63)64)16-19-42(48)50(39-11-5-4-6-12-39)52(62)43-20-21-45-44(51(43)61)34-47(58-45)46-32-36(2)23-27-56-46/h13-23,27,32-34,38-39,58H,3-12,24-26,28-31,35H2,1-2H3,(H,57,66)(H,59,65)(H,63,64)/b22-15+. The van der Waals surface area contributed by atoms with Gasteiger partial charge in [0.05, 0.1) is 22.8 Å². The van der Waals surface area contributed by atoms with Crippen molar-refractivity contribution in [1.82, 2.24) is 24.8 Å². The Kier molecular flexibility index (Phi) is 12.3. The Bertz CT molecular complexity index is 2810. The Morgan fingerprint density at radius 1 is 0.879 bits per heavy atom. The quantitative estimate of drug-likeness (QED) is 0.0899. The molecule has 2 saturated carbocycles. The summed E-state index contributed by atoms with van der Waals surface area (Å²) in [4.78, 5) is 53.5. The van der Waals surface area contributed by atoms with E-state index in [1.165, 1.54) is 90.1 Å². The molecule has 2 amide bonds. The highest BCUT2D eigenvalue weighted by Crippen LogP contribution is 2.50. The Hall–Kier alpha value is -6.20. The number of piperidine rings is 1. The fourth-order valence-corrected chi connectivity index (χ4v) is 11.7. The average Bonchev–Trinajstić information content (AvgIpc) is 4.06. The molecule has 3 aromatic heterocycles. The van der Waals surface area contributed by atoms with Gasteiger partial charge in [-0.1, -0.05) is 57.2 Å². The molecular formula is C55H63N7O4. The fourth-order valence-electron chi connectivity index (χ4n) is 11.7. The molecule has 0 radical (unpaired) electrons. The van der Waals surface area contributed by atoms with Crippen LogP contribution in [0.15, 0.2) is 85.1 Å². The van der Waals surface area contributed by atoms with Crippen molar-refractivity contribution >= 4 is 57.0 Å². The van der Waals surface area contributed by atoms with Crippen molar-refractivity contribution in [3.8, 4) is 22.6 Å². The molecular weight excluding hydrogens is 823 g/mol. The van der Waals surface area contributed by atoms with Gasteiger partial charge < -0.3 is 35.1 Å². The second-order valence-electron chi connectivity index (χ2n) is 19.5. The first kappa shape index (κ1) is 43.7. The Morgan fingerprint density at radius 3 is 2.47 bits per heavy atom. The molecule has 3 fully saturated rings. The van der Waals surface area contributed by atoms with Crippen LogP contribution in [0.1, 0.15) is 117 Å². The first-order valence-electron chi connectivity index (χ1n) is 24.5. The van der Waals surface area contributed by atoms with Gasteiger partial charge in [-0.05, 0) is 154 Å². The highest BCUT2D eigenvalue weighted by atomic mass is 16.4. The van der Waals surface area contributed by atoms with E-state index < -0.39 is 11.5 Å². The summed E-state index contributed by atoms with van der Waals surface area (Å²) >= 11 is 0. The number of amides is 2. The SMILES string of the molecule is CCN1CCCC(CCN2CCn3c(c(C4CCCCC4)c4ccc(C(=O)NC5(C(=O)Nc6ccc(/C=C/C(=O)O)cc6)CCCC5)cc43)-c3ccc4[nH]c(-c5cc(C)ccn5)cc4c32)C1. The highest BCUT2D eigenvalue weighted by molar-refractivity contribution is 6.08. The normalized spacial score (nSPS) is 18.9. The molecule has 5 heterocycles. The lowest BCUT2D eigenvalue weighted by molar-refractivity contribution is -0.131. The fraction of sp³-hybridized carbons (Fsp3) is 0.418. The maximum absolute atomic E-state index is 14.6. The van der Waals surface area contributed by atoms with E-state index in [1.807, 2.05) is 18.3 Å². The number of hydrogen-bond donors (Lipinski definition) is 4. The van der Waals surface area contributed by atoms with E-state index in [2.05, 4.69) is 80.2 Å². The number of rotatable bonds is 12. The van der Waals surface area contributed by atoms with Crippen molar-refractivity contribution in [2.75, 3.05) is 42.9 Å². The average molecular weight is 886 g/mol. The van der Waals surface area contributed by atoms with Crippen LogP contribution in [0.2, 0.25) is 0 Å². The first-order chi connectivity index (χ1) is 32.2. The number of carboxylic acids is 1. The molecule has 6 aromatic rings. The lowest BCUT2D eigenvalue weighted by Crippen LogP contribution is -2.55. The second-order valence-corrected chi connectivity index (χ2v) is 19.5. The van der Waals surface area contributed by atoms with E-state index in [4.69, 9.17) is 10.1 Å². The van der Waals surface area contributed by atoms with Crippen molar-refractivity contribution in [2.24, 2.45) is 5.92 Å². The number of nitrogens with zero attached hydrogens (tertiary/aromatic N) is 4. The number of pyridine rings is 1. The number of carbonyl (C=O) groups excluding carboxylic acids is 2. The van der Waals surface area contributed by atoms with E-state index in [0.29, 0.717) is 41.5 Å². The molecule has 11 nitrogen and oxygen atoms in total. The van der Waals surface area contributed by atoms with Gasteiger partial charge in [-0.25, -0.2) is 4.79 Å². The van der Waals surface area contributed by atoms with Crippen molar-refractivity contribution in [1.29, 1.82) is 0 Å². The first-order valence-corrected chi connectivity index (χ1v) is 24.5. The Morgan fingerprint density at radius 2 is 1.70 bits per heavy atom.